The lowest BCUT2D eigenvalue weighted by Gasteiger charge is -2.18. The Balaban J connectivity index is 2.07. The summed E-state index contributed by atoms with van der Waals surface area (Å²) in [6, 6.07) is 4.61. The molecule has 0 amide bonds. The molecule has 0 radical (unpaired) electrons. The molecule has 37 heavy (non-hydrogen) atoms. The first-order chi connectivity index (χ1) is 17.4. The van der Waals surface area contributed by atoms with Gasteiger partial charge in [-0.2, -0.15) is 13.2 Å². The van der Waals surface area contributed by atoms with Crippen molar-refractivity contribution in [3.05, 3.63) is 73.9 Å². The molecule has 14 heteroatoms. The van der Waals surface area contributed by atoms with Crippen molar-refractivity contribution in [2.45, 2.75) is 32.5 Å². The number of ether oxygens (including phenoxy) is 3. The number of carbonyl (C=O) groups is 1. The van der Waals surface area contributed by atoms with E-state index in [0.29, 0.717) is 0 Å². The van der Waals surface area contributed by atoms with E-state index in [1.165, 1.54) is 18.3 Å². The summed E-state index contributed by atoms with van der Waals surface area (Å²) in [6.45, 7) is 3.43. The zero-order valence-electron chi connectivity index (χ0n) is 19.6. The summed E-state index contributed by atoms with van der Waals surface area (Å²) in [7, 11) is 0.791. The summed E-state index contributed by atoms with van der Waals surface area (Å²) in [6.07, 6.45) is -4.43. The number of hydrogen-bond acceptors (Lipinski definition) is 7. The molecule has 2 heterocycles. The van der Waals surface area contributed by atoms with Gasteiger partial charge >= 0.3 is 17.8 Å². The van der Waals surface area contributed by atoms with Gasteiger partial charge in [-0.05, 0) is 31.5 Å². The second-order valence-corrected chi connectivity index (χ2v) is 7.86. The zero-order chi connectivity index (χ0) is 27.5. The van der Waals surface area contributed by atoms with Gasteiger partial charge in [-0.25, -0.2) is 23.5 Å². The van der Waals surface area contributed by atoms with Crippen LogP contribution in [0.5, 0.6) is 17.4 Å². The first-order valence-electron chi connectivity index (χ1n) is 10.7. The minimum atomic E-state index is -4.99. The smallest absolute Gasteiger partial charge is 0.431 e. The summed E-state index contributed by atoms with van der Waals surface area (Å²) < 4.78 is 70.9. The lowest BCUT2D eigenvalue weighted by Crippen LogP contribution is -2.41. The number of esters is 1. The van der Waals surface area contributed by atoms with Crippen molar-refractivity contribution in [2.75, 3.05) is 6.61 Å². The van der Waals surface area contributed by atoms with Crippen molar-refractivity contribution >= 4 is 17.6 Å². The molecule has 0 saturated carbocycles. The van der Waals surface area contributed by atoms with E-state index in [0.717, 1.165) is 19.2 Å². The number of carbonyl (C=O) groups excluding carboxylic acids is 1. The van der Waals surface area contributed by atoms with Gasteiger partial charge in [0.2, 0.25) is 0 Å². The van der Waals surface area contributed by atoms with Gasteiger partial charge in [0.05, 0.1) is 17.3 Å². The van der Waals surface area contributed by atoms with Crippen LogP contribution in [0.25, 0.3) is 5.69 Å². The molecule has 2 aromatic heterocycles. The average Bonchev–Trinajstić information content (AvgIpc) is 2.82. The van der Waals surface area contributed by atoms with Crippen LogP contribution in [-0.4, -0.2) is 32.8 Å². The molecule has 1 atom stereocenters. The van der Waals surface area contributed by atoms with E-state index in [1.54, 1.807) is 13.8 Å². The highest BCUT2D eigenvalue weighted by atomic mass is 35.5. The second kappa shape index (κ2) is 11.0. The highest BCUT2D eigenvalue weighted by Gasteiger charge is 2.35. The van der Waals surface area contributed by atoms with Crippen LogP contribution in [0.4, 0.5) is 17.6 Å². The Kier molecular flexibility index (Phi) is 8.26. The van der Waals surface area contributed by atoms with Gasteiger partial charge < -0.3 is 14.2 Å². The van der Waals surface area contributed by atoms with Crippen LogP contribution in [0.15, 0.2) is 46.1 Å². The highest BCUT2D eigenvalue weighted by molar-refractivity contribution is 6.32. The molecular formula is C23H20ClF4N3O6. The molecule has 0 bridgehead atoms. The normalized spacial score (nSPS) is 12.2. The number of aromatic nitrogens is 3. The molecule has 0 saturated heterocycles. The Morgan fingerprint density at radius 2 is 1.86 bits per heavy atom. The van der Waals surface area contributed by atoms with Crippen LogP contribution in [0.2, 0.25) is 5.02 Å². The predicted molar refractivity (Wildman–Crippen MR) is 123 cm³/mol. The van der Waals surface area contributed by atoms with Crippen LogP contribution in [0, 0.1) is 5.82 Å². The number of pyridine rings is 1. The maximum absolute atomic E-state index is 14.8. The molecular weight excluding hydrogens is 526 g/mol. The summed E-state index contributed by atoms with van der Waals surface area (Å²) in [5.74, 6) is -2.31. The molecule has 0 aliphatic rings. The largest absolute Gasteiger partial charge is 0.463 e. The van der Waals surface area contributed by atoms with E-state index in [-0.39, 0.29) is 50.6 Å². The maximum atomic E-state index is 14.8. The quantitative estimate of drug-likeness (QED) is 0.308. The molecule has 3 rings (SSSR count). The Morgan fingerprint density at radius 3 is 2.49 bits per heavy atom. The molecule has 0 aliphatic carbocycles. The fourth-order valence-electron chi connectivity index (χ4n) is 3.22. The van der Waals surface area contributed by atoms with Gasteiger partial charge in [0.25, 0.3) is 11.4 Å². The first-order valence-corrected chi connectivity index (χ1v) is 11.1. The molecule has 0 spiro atoms. The average molecular weight is 546 g/mol. The molecule has 1 aromatic carbocycles. The first kappa shape index (κ1) is 27.7. The molecule has 0 fully saturated rings. The van der Waals surface area contributed by atoms with E-state index in [9.17, 15) is 31.9 Å². The topological polar surface area (TPSA) is 102 Å². The second-order valence-electron chi connectivity index (χ2n) is 7.45. The van der Waals surface area contributed by atoms with Gasteiger partial charge in [-0.15, -0.1) is 0 Å². The lowest BCUT2D eigenvalue weighted by atomic mass is 10.2. The number of hydrogen-bond donors (Lipinski definition) is 0. The minimum Gasteiger partial charge on any atom is -0.463 e. The van der Waals surface area contributed by atoms with Gasteiger partial charge in [0.15, 0.2) is 11.9 Å². The van der Waals surface area contributed by atoms with E-state index >= 15 is 0 Å². The number of halogens is 5. The van der Waals surface area contributed by atoms with Crippen molar-refractivity contribution in [1.29, 1.82) is 0 Å². The minimum absolute atomic E-state index is 0.0719. The third-order valence-electron chi connectivity index (χ3n) is 4.98. The van der Waals surface area contributed by atoms with Crippen LogP contribution < -0.4 is 20.7 Å². The van der Waals surface area contributed by atoms with Gasteiger partial charge in [-0.3, -0.25) is 9.36 Å². The molecule has 198 valence electrons. The molecule has 1 unspecified atom stereocenters. The maximum Gasteiger partial charge on any atom is 0.431 e. The van der Waals surface area contributed by atoms with Crippen molar-refractivity contribution < 1.29 is 36.6 Å². The van der Waals surface area contributed by atoms with E-state index < -0.39 is 46.7 Å². The van der Waals surface area contributed by atoms with Gasteiger partial charge in [0.1, 0.15) is 17.3 Å². The summed E-state index contributed by atoms with van der Waals surface area (Å²) in [4.78, 5) is 41.2. The zero-order valence-corrected chi connectivity index (χ0v) is 20.4. The van der Waals surface area contributed by atoms with Crippen LogP contribution in [-0.2, 0) is 22.8 Å². The molecule has 0 aliphatic heterocycles. The van der Waals surface area contributed by atoms with E-state index in [4.69, 9.17) is 25.8 Å². The van der Waals surface area contributed by atoms with Crippen molar-refractivity contribution in [1.82, 2.24) is 14.1 Å². The summed E-state index contributed by atoms with van der Waals surface area (Å²) in [5, 5.41) is -0.301. The van der Waals surface area contributed by atoms with Crippen molar-refractivity contribution in [3.63, 3.8) is 0 Å². The number of nitrogens with zero attached hydrogens (tertiary/aromatic N) is 3. The summed E-state index contributed by atoms with van der Waals surface area (Å²) >= 11 is 6.09. The fourth-order valence-corrected chi connectivity index (χ4v) is 3.41. The van der Waals surface area contributed by atoms with Crippen molar-refractivity contribution in [3.8, 4) is 23.1 Å². The number of rotatable bonds is 8. The van der Waals surface area contributed by atoms with E-state index in [1.807, 2.05) is 0 Å². The van der Waals surface area contributed by atoms with E-state index in [2.05, 4.69) is 4.98 Å². The standard InChI is InChI=1S/C23H20ClF4N3O6/c1-4-15(21(33)35-5-2)37-20-16(7-6-8-29-20)36-17-10-14(13(25)9-12(17)24)31-19(32)11-18(23(26,27)28)30(3)22(31)34/h6-11,15H,4-5H2,1-3H3. The fraction of sp³-hybridized carbons (Fsp3) is 0.304. The third-order valence-corrected chi connectivity index (χ3v) is 5.28. The Morgan fingerprint density at radius 1 is 1.16 bits per heavy atom. The SMILES string of the molecule is CCOC(=O)C(CC)Oc1ncccc1Oc1cc(-n2c(=O)cc(C(F)(F)F)n(C)c2=O)c(F)cc1Cl. The van der Waals surface area contributed by atoms with Crippen molar-refractivity contribution in [2.24, 2.45) is 7.05 Å². The Hall–Kier alpha value is -3.87. The monoisotopic (exact) mass is 545 g/mol. The van der Waals surface area contributed by atoms with Crippen LogP contribution in [0.1, 0.15) is 26.0 Å². The Bertz CT molecular complexity index is 1440. The lowest BCUT2D eigenvalue weighted by molar-refractivity contribution is -0.151. The highest BCUT2D eigenvalue weighted by Crippen LogP contribution is 2.36. The molecule has 0 N–H and O–H groups in total. The number of benzene rings is 1. The van der Waals surface area contributed by atoms with Gasteiger partial charge in [0, 0.05) is 25.4 Å². The molecule has 3 aromatic rings. The van der Waals surface area contributed by atoms with Crippen LogP contribution in [0.3, 0.4) is 0 Å². The Labute approximate surface area is 211 Å². The third kappa shape index (κ3) is 5.93. The van der Waals surface area contributed by atoms with Gasteiger partial charge in [-0.1, -0.05) is 18.5 Å². The summed E-state index contributed by atoms with van der Waals surface area (Å²) in [5.41, 5.74) is -5.08. The number of alkyl halides is 3. The molecule has 9 nitrogen and oxygen atoms in total. The van der Waals surface area contributed by atoms with Crippen LogP contribution >= 0.6 is 11.6 Å². The predicted octanol–water partition coefficient (Wildman–Crippen LogP) is 4.26.